The van der Waals surface area contributed by atoms with Gasteiger partial charge in [0.05, 0.1) is 11.4 Å². The number of amides is 2. The van der Waals surface area contributed by atoms with Crippen molar-refractivity contribution in [2.45, 2.75) is 25.7 Å². The number of carbonyl (C=O) groups is 2. The largest absolute Gasteiger partial charge is 0.375 e. The van der Waals surface area contributed by atoms with Crippen LogP contribution in [-0.4, -0.2) is 53.5 Å². The molecule has 2 aromatic rings. The molecule has 7 nitrogen and oxygen atoms in total. The van der Waals surface area contributed by atoms with E-state index in [0.717, 1.165) is 42.0 Å². The Labute approximate surface area is 158 Å². The molecule has 1 atom stereocenters. The van der Waals surface area contributed by atoms with Gasteiger partial charge >= 0.3 is 0 Å². The van der Waals surface area contributed by atoms with Crippen molar-refractivity contribution in [3.63, 3.8) is 0 Å². The number of nitrogens with one attached hydrogen (secondary N) is 1. The molecule has 1 aliphatic rings. The van der Waals surface area contributed by atoms with Gasteiger partial charge in [0.1, 0.15) is 6.61 Å². The molecule has 0 bridgehead atoms. The van der Waals surface area contributed by atoms with Crippen LogP contribution < -0.4 is 5.32 Å². The minimum atomic E-state index is -0.119. The summed E-state index contributed by atoms with van der Waals surface area (Å²) >= 11 is 0. The number of rotatable bonds is 5. The molecule has 142 valence electrons. The lowest BCUT2D eigenvalue weighted by Crippen LogP contribution is -2.41. The van der Waals surface area contributed by atoms with Gasteiger partial charge in [0.2, 0.25) is 11.8 Å². The van der Waals surface area contributed by atoms with Crippen molar-refractivity contribution < 1.29 is 14.3 Å². The van der Waals surface area contributed by atoms with Crippen LogP contribution in [-0.2, 0) is 14.3 Å². The smallest absolute Gasteiger partial charge is 0.248 e. The molecule has 0 aliphatic carbocycles. The number of methoxy groups -OCH3 is 1. The van der Waals surface area contributed by atoms with E-state index >= 15 is 0 Å². The molecule has 2 heterocycles. The topological polar surface area (TPSA) is 84.4 Å². The third-order valence-electron chi connectivity index (χ3n) is 4.61. The molecule has 1 saturated heterocycles. The molecule has 0 unspecified atom stereocenters. The van der Waals surface area contributed by atoms with E-state index in [-0.39, 0.29) is 24.3 Å². The summed E-state index contributed by atoms with van der Waals surface area (Å²) in [5, 5.41) is 2.80. The molecule has 1 aliphatic heterocycles. The number of nitrogens with zero attached hydrogens (tertiary/aromatic N) is 3. The first-order valence-electron chi connectivity index (χ1n) is 9.04. The normalized spacial score (nSPS) is 16.8. The van der Waals surface area contributed by atoms with Gasteiger partial charge in [0.25, 0.3) is 0 Å². The van der Waals surface area contributed by atoms with Gasteiger partial charge in [-0.1, -0.05) is 12.1 Å². The Hall–Kier alpha value is -2.80. The van der Waals surface area contributed by atoms with Crippen molar-refractivity contribution >= 4 is 17.5 Å². The summed E-state index contributed by atoms with van der Waals surface area (Å²) in [5.74, 6) is -0.000860. The zero-order chi connectivity index (χ0) is 19.2. The van der Waals surface area contributed by atoms with E-state index in [1.807, 2.05) is 29.2 Å². The fraction of sp³-hybridized carbons (Fsp3) is 0.400. The van der Waals surface area contributed by atoms with E-state index in [1.165, 1.54) is 14.0 Å². The fourth-order valence-corrected chi connectivity index (χ4v) is 3.46. The second-order valence-electron chi connectivity index (χ2n) is 6.66. The Balaban J connectivity index is 1.88. The number of piperidine rings is 1. The Morgan fingerprint density at radius 1 is 1.30 bits per heavy atom. The standard InChI is InChI=1S/C20H24N4O3/c1-14(25)23-17-7-3-5-15(11-17)19-20(22-9-8-21-19)16-6-4-10-24(12-16)18(26)13-27-2/h3,5,7-9,11,16H,4,6,10,12-13H2,1-2H3,(H,23,25)/t16-/m1/s1. The van der Waals surface area contributed by atoms with Crippen molar-refractivity contribution in [2.24, 2.45) is 0 Å². The summed E-state index contributed by atoms with van der Waals surface area (Å²) in [6.07, 6.45) is 5.23. The van der Waals surface area contributed by atoms with Crippen LogP contribution in [0, 0.1) is 0 Å². The summed E-state index contributed by atoms with van der Waals surface area (Å²) in [6, 6.07) is 7.57. The van der Waals surface area contributed by atoms with E-state index in [9.17, 15) is 9.59 Å². The number of benzene rings is 1. The van der Waals surface area contributed by atoms with E-state index in [4.69, 9.17) is 4.74 Å². The molecular weight excluding hydrogens is 344 g/mol. The van der Waals surface area contributed by atoms with E-state index < -0.39 is 0 Å². The minimum absolute atomic E-state index is 0.000274. The Kier molecular flexibility index (Phi) is 6.13. The van der Waals surface area contributed by atoms with Gasteiger partial charge in [-0.2, -0.15) is 0 Å². The highest BCUT2D eigenvalue weighted by atomic mass is 16.5. The molecule has 2 amide bonds. The highest BCUT2D eigenvalue weighted by molar-refractivity contribution is 5.89. The lowest BCUT2D eigenvalue weighted by Gasteiger charge is -2.33. The third kappa shape index (κ3) is 4.68. The molecule has 0 spiro atoms. The van der Waals surface area contributed by atoms with Crippen LogP contribution in [0.1, 0.15) is 31.4 Å². The average Bonchev–Trinajstić information content (AvgIpc) is 2.68. The quantitative estimate of drug-likeness (QED) is 0.876. The van der Waals surface area contributed by atoms with Gasteiger partial charge in [0, 0.05) is 56.7 Å². The summed E-state index contributed by atoms with van der Waals surface area (Å²) in [5.41, 5.74) is 3.28. The molecule has 0 radical (unpaired) electrons. The molecule has 1 fully saturated rings. The number of ether oxygens (including phenoxy) is 1. The number of hydrogen-bond donors (Lipinski definition) is 1. The fourth-order valence-electron chi connectivity index (χ4n) is 3.46. The van der Waals surface area contributed by atoms with Crippen molar-refractivity contribution in [1.29, 1.82) is 0 Å². The van der Waals surface area contributed by atoms with Crippen LogP contribution in [0.25, 0.3) is 11.3 Å². The monoisotopic (exact) mass is 368 g/mol. The average molecular weight is 368 g/mol. The molecule has 27 heavy (non-hydrogen) atoms. The first kappa shape index (κ1) is 19.0. The van der Waals surface area contributed by atoms with E-state index in [1.54, 1.807) is 12.4 Å². The zero-order valence-corrected chi connectivity index (χ0v) is 15.6. The Bertz CT molecular complexity index is 824. The summed E-state index contributed by atoms with van der Waals surface area (Å²) in [7, 11) is 1.53. The predicted octanol–water partition coefficient (Wildman–Crippen LogP) is 2.45. The van der Waals surface area contributed by atoms with E-state index in [0.29, 0.717) is 6.54 Å². The minimum Gasteiger partial charge on any atom is -0.375 e. The van der Waals surface area contributed by atoms with Gasteiger partial charge in [-0.05, 0) is 25.0 Å². The Morgan fingerprint density at radius 3 is 2.89 bits per heavy atom. The van der Waals surface area contributed by atoms with Crippen LogP contribution in [0.4, 0.5) is 5.69 Å². The second kappa shape index (κ2) is 8.73. The first-order valence-corrected chi connectivity index (χ1v) is 9.04. The number of likely N-dealkylation sites (tertiary alicyclic amines) is 1. The van der Waals surface area contributed by atoms with Crippen LogP contribution in [0.2, 0.25) is 0 Å². The lowest BCUT2D eigenvalue weighted by molar-refractivity contribution is -0.136. The third-order valence-corrected chi connectivity index (χ3v) is 4.61. The number of anilines is 1. The molecule has 7 heteroatoms. The maximum absolute atomic E-state index is 12.2. The molecule has 0 saturated carbocycles. The molecular formula is C20H24N4O3. The summed E-state index contributed by atoms with van der Waals surface area (Å²) < 4.78 is 4.98. The zero-order valence-electron chi connectivity index (χ0n) is 15.6. The molecule has 3 rings (SSSR count). The van der Waals surface area contributed by atoms with Crippen molar-refractivity contribution in [3.8, 4) is 11.3 Å². The molecule has 1 aromatic heterocycles. The van der Waals surface area contributed by atoms with Crippen LogP contribution >= 0.6 is 0 Å². The van der Waals surface area contributed by atoms with E-state index in [2.05, 4.69) is 15.3 Å². The second-order valence-corrected chi connectivity index (χ2v) is 6.66. The maximum atomic E-state index is 12.2. The first-order chi connectivity index (χ1) is 13.1. The van der Waals surface area contributed by atoms with Crippen LogP contribution in [0.15, 0.2) is 36.7 Å². The van der Waals surface area contributed by atoms with Gasteiger partial charge in [-0.15, -0.1) is 0 Å². The van der Waals surface area contributed by atoms with Gasteiger partial charge in [-0.3, -0.25) is 19.6 Å². The molecule has 1 aromatic carbocycles. The van der Waals surface area contributed by atoms with Crippen LogP contribution in [0.5, 0.6) is 0 Å². The predicted molar refractivity (Wildman–Crippen MR) is 102 cm³/mol. The number of aromatic nitrogens is 2. The number of carbonyl (C=O) groups excluding carboxylic acids is 2. The maximum Gasteiger partial charge on any atom is 0.248 e. The lowest BCUT2D eigenvalue weighted by atomic mass is 9.91. The summed E-state index contributed by atoms with van der Waals surface area (Å²) in [6.45, 7) is 2.93. The Morgan fingerprint density at radius 2 is 2.11 bits per heavy atom. The highest BCUT2D eigenvalue weighted by Crippen LogP contribution is 2.32. The van der Waals surface area contributed by atoms with Gasteiger partial charge in [0.15, 0.2) is 0 Å². The van der Waals surface area contributed by atoms with Gasteiger partial charge in [-0.25, -0.2) is 0 Å². The molecule has 1 N–H and O–H groups in total. The number of hydrogen-bond acceptors (Lipinski definition) is 5. The highest BCUT2D eigenvalue weighted by Gasteiger charge is 2.27. The SMILES string of the molecule is COCC(=O)N1CCC[C@@H](c2nccnc2-c2cccc(NC(C)=O)c2)C1. The van der Waals surface area contributed by atoms with Crippen LogP contribution in [0.3, 0.4) is 0 Å². The van der Waals surface area contributed by atoms with Crippen molar-refractivity contribution in [2.75, 3.05) is 32.1 Å². The van der Waals surface area contributed by atoms with Crippen molar-refractivity contribution in [3.05, 3.63) is 42.4 Å². The summed E-state index contributed by atoms with van der Waals surface area (Å²) in [4.78, 5) is 34.5. The van der Waals surface area contributed by atoms with Gasteiger partial charge < -0.3 is 15.0 Å². The van der Waals surface area contributed by atoms with Crippen molar-refractivity contribution in [1.82, 2.24) is 14.9 Å².